The van der Waals surface area contributed by atoms with E-state index in [-0.39, 0.29) is 11.8 Å². The summed E-state index contributed by atoms with van der Waals surface area (Å²) in [6, 6.07) is 5.07. The van der Waals surface area contributed by atoms with Gasteiger partial charge in [0.25, 0.3) is 0 Å². The summed E-state index contributed by atoms with van der Waals surface area (Å²) in [5.41, 5.74) is -0.703. The van der Waals surface area contributed by atoms with Crippen LogP contribution in [0.25, 0.3) is 0 Å². The van der Waals surface area contributed by atoms with Gasteiger partial charge in [0, 0.05) is 20.9 Å². The second-order valence-electron chi connectivity index (χ2n) is 5.14. The van der Waals surface area contributed by atoms with Crippen LogP contribution in [0.15, 0.2) is 41.3 Å². The van der Waals surface area contributed by atoms with Crippen molar-refractivity contribution in [1.29, 1.82) is 0 Å². The first kappa shape index (κ1) is 17.6. The fourth-order valence-electron chi connectivity index (χ4n) is 2.32. The Hall–Kier alpha value is -1.19. The van der Waals surface area contributed by atoms with Crippen LogP contribution >= 0.6 is 46.5 Å². The summed E-state index contributed by atoms with van der Waals surface area (Å²) in [6.07, 6.45) is 4.65. The maximum absolute atomic E-state index is 11.5. The van der Waals surface area contributed by atoms with Gasteiger partial charge in [-0.25, -0.2) is 9.67 Å². The van der Waals surface area contributed by atoms with Crippen LogP contribution in [0.2, 0.25) is 10.0 Å². The number of halogens is 2. The molecule has 2 unspecified atom stereocenters. The average molecular weight is 402 g/mol. The van der Waals surface area contributed by atoms with Crippen LogP contribution in [0.4, 0.5) is 0 Å². The molecule has 0 radical (unpaired) electrons. The first-order chi connectivity index (χ1) is 11.5. The van der Waals surface area contributed by atoms with Gasteiger partial charge in [-0.2, -0.15) is 5.10 Å². The van der Waals surface area contributed by atoms with Gasteiger partial charge in [-0.15, -0.1) is 16.9 Å². The molecule has 0 spiro atoms. The van der Waals surface area contributed by atoms with Crippen molar-refractivity contribution < 1.29 is 5.11 Å². The second kappa shape index (κ2) is 7.37. The molecule has 0 fully saturated rings. The zero-order valence-corrected chi connectivity index (χ0v) is 15.6. The van der Waals surface area contributed by atoms with Crippen LogP contribution in [0.1, 0.15) is 12.5 Å². The molecule has 0 aliphatic rings. The van der Waals surface area contributed by atoms with E-state index in [0.717, 1.165) is 4.21 Å². The van der Waals surface area contributed by atoms with Crippen LogP contribution < -0.4 is 0 Å². The van der Waals surface area contributed by atoms with Crippen LogP contribution in [0.5, 0.6) is 0 Å². The lowest BCUT2D eigenvalue weighted by atomic mass is 9.90. The van der Waals surface area contributed by atoms with Crippen LogP contribution in [0, 0.1) is 0 Å². The third kappa shape index (κ3) is 3.73. The molecule has 0 saturated heterocycles. The Morgan fingerprint density at radius 2 is 2.25 bits per heavy atom. The van der Waals surface area contributed by atoms with Gasteiger partial charge in [-0.05, 0) is 30.6 Å². The average Bonchev–Trinajstić information content (AvgIpc) is 3.20. The molecule has 24 heavy (non-hydrogen) atoms. The highest BCUT2D eigenvalue weighted by Crippen LogP contribution is 2.41. The largest absolute Gasteiger partial charge is 0.382 e. The summed E-state index contributed by atoms with van der Waals surface area (Å²) in [6.45, 7) is 2.13. The minimum absolute atomic E-state index is 0.203. The third-order valence-corrected chi connectivity index (χ3v) is 6.18. The number of hydrogen-bond donors (Lipinski definition) is 1. The minimum Gasteiger partial charge on any atom is -0.382 e. The zero-order valence-electron chi connectivity index (χ0n) is 12.5. The quantitative estimate of drug-likeness (QED) is 0.636. The van der Waals surface area contributed by atoms with E-state index in [9.17, 15) is 5.11 Å². The van der Waals surface area contributed by atoms with Gasteiger partial charge in [0.1, 0.15) is 22.5 Å². The van der Waals surface area contributed by atoms with E-state index in [4.69, 9.17) is 23.2 Å². The molecule has 0 aliphatic carbocycles. The lowest BCUT2D eigenvalue weighted by Crippen LogP contribution is -2.40. The monoisotopic (exact) mass is 401 g/mol. The van der Waals surface area contributed by atoms with Gasteiger partial charge in [0.2, 0.25) is 0 Å². The molecule has 10 heteroatoms. The predicted molar refractivity (Wildman–Crippen MR) is 95.6 cm³/mol. The van der Waals surface area contributed by atoms with Crippen LogP contribution in [-0.2, 0) is 12.1 Å². The molecule has 0 amide bonds. The molecule has 3 aromatic rings. The van der Waals surface area contributed by atoms with Gasteiger partial charge in [-0.3, -0.25) is 0 Å². The van der Waals surface area contributed by atoms with E-state index in [1.54, 1.807) is 35.4 Å². The molecule has 0 bridgehead atoms. The van der Waals surface area contributed by atoms with E-state index < -0.39 is 5.60 Å². The van der Waals surface area contributed by atoms with Crippen molar-refractivity contribution in [3.05, 3.63) is 52.7 Å². The second-order valence-corrected chi connectivity index (χ2v) is 8.41. The number of aromatic nitrogens is 5. The highest BCUT2D eigenvalue weighted by atomic mass is 35.5. The summed E-state index contributed by atoms with van der Waals surface area (Å²) in [4.78, 5) is 3.93. The van der Waals surface area contributed by atoms with Gasteiger partial charge in [-0.1, -0.05) is 33.8 Å². The first-order valence-electron chi connectivity index (χ1n) is 6.93. The van der Waals surface area contributed by atoms with Crippen molar-refractivity contribution in [3.63, 3.8) is 0 Å². The molecule has 3 rings (SSSR count). The van der Waals surface area contributed by atoms with Crippen LogP contribution in [-0.4, -0.2) is 34.7 Å². The Morgan fingerprint density at radius 1 is 1.42 bits per heavy atom. The number of rotatable bonds is 6. The Labute approximate surface area is 157 Å². The normalized spacial score (nSPS) is 15.2. The van der Waals surface area contributed by atoms with Crippen molar-refractivity contribution in [2.24, 2.45) is 0 Å². The van der Waals surface area contributed by atoms with E-state index in [1.165, 1.54) is 29.6 Å². The number of aliphatic hydroxyl groups is 1. The summed E-state index contributed by atoms with van der Waals surface area (Å²) in [7, 11) is 0. The molecule has 1 aromatic carbocycles. The Morgan fingerprint density at radius 3 is 2.88 bits per heavy atom. The van der Waals surface area contributed by atoms with E-state index in [0.29, 0.717) is 15.6 Å². The molecule has 1 N–H and O–H groups in total. The van der Waals surface area contributed by atoms with E-state index in [1.807, 2.05) is 6.92 Å². The summed E-state index contributed by atoms with van der Waals surface area (Å²) in [5, 5.41) is 20.1. The molecule has 126 valence electrons. The molecule has 2 aromatic heterocycles. The fourth-order valence-corrected chi connectivity index (χ4v) is 4.72. The van der Waals surface area contributed by atoms with Crippen molar-refractivity contribution in [2.75, 3.05) is 0 Å². The van der Waals surface area contributed by atoms with Gasteiger partial charge in [0.05, 0.1) is 12.7 Å². The topological polar surface area (TPSA) is 76.7 Å². The number of nitrogens with zero attached hydrogens (tertiary/aromatic N) is 5. The summed E-state index contributed by atoms with van der Waals surface area (Å²) in [5.74, 6) is 0. The molecular formula is C14H13Cl2N5OS2. The molecular weight excluding hydrogens is 389 g/mol. The van der Waals surface area contributed by atoms with E-state index >= 15 is 0 Å². The zero-order chi connectivity index (χ0) is 17.2. The molecule has 2 atom stereocenters. The van der Waals surface area contributed by atoms with Crippen molar-refractivity contribution >= 4 is 46.5 Å². The van der Waals surface area contributed by atoms with Gasteiger partial charge >= 0.3 is 0 Å². The maximum atomic E-state index is 11.5. The smallest absolute Gasteiger partial charge is 0.137 e. The van der Waals surface area contributed by atoms with Crippen LogP contribution in [0.3, 0.4) is 0 Å². The van der Waals surface area contributed by atoms with Gasteiger partial charge < -0.3 is 5.11 Å². The van der Waals surface area contributed by atoms with E-state index in [2.05, 4.69) is 19.7 Å². The highest BCUT2D eigenvalue weighted by molar-refractivity contribution is 8.01. The maximum Gasteiger partial charge on any atom is 0.137 e. The predicted octanol–water partition coefficient (Wildman–Crippen LogP) is 3.51. The Bertz CT molecular complexity index is 800. The van der Waals surface area contributed by atoms with Gasteiger partial charge in [0.15, 0.2) is 0 Å². The Balaban J connectivity index is 1.99. The van der Waals surface area contributed by atoms with Crippen molar-refractivity contribution in [2.45, 2.75) is 28.5 Å². The lowest BCUT2D eigenvalue weighted by molar-refractivity contribution is 0.0169. The molecule has 0 saturated carbocycles. The minimum atomic E-state index is -1.29. The SMILES string of the molecule is CC(Sc1cnns1)C(O)(Cn1cncn1)c1ccc(Cl)cc1Cl. The number of hydrogen-bond acceptors (Lipinski definition) is 7. The molecule has 2 heterocycles. The molecule has 0 aliphatic heterocycles. The lowest BCUT2D eigenvalue weighted by Gasteiger charge is -2.34. The number of thioether (sulfide) groups is 1. The standard InChI is InChI=1S/C14H13Cl2N5OS2/c1-9(23-13-5-18-20-24-13)14(22,6-21-8-17-7-19-21)11-3-2-10(15)4-12(11)16/h2-5,7-9,22H,6H2,1H3. The Kier molecular flexibility index (Phi) is 5.41. The fraction of sp³-hybridized carbons (Fsp3) is 0.286. The first-order valence-corrected chi connectivity index (χ1v) is 9.34. The summed E-state index contributed by atoms with van der Waals surface area (Å²) >= 11 is 15.1. The summed E-state index contributed by atoms with van der Waals surface area (Å²) < 4.78 is 6.34. The third-order valence-electron chi connectivity index (χ3n) is 3.57. The molecule has 6 nitrogen and oxygen atoms in total. The van der Waals surface area contributed by atoms with Crippen molar-refractivity contribution in [3.8, 4) is 0 Å². The van der Waals surface area contributed by atoms with Crippen molar-refractivity contribution in [1.82, 2.24) is 24.4 Å². The number of benzene rings is 1. The highest BCUT2D eigenvalue weighted by Gasteiger charge is 2.39.